The van der Waals surface area contributed by atoms with Gasteiger partial charge in [0.25, 0.3) is 5.56 Å². The van der Waals surface area contributed by atoms with Crippen LogP contribution >= 0.6 is 23.8 Å². The smallest absolute Gasteiger partial charge is 0.269 e. The van der Waals surface area contributed by atoms with Gasteiger partial charge in [-0.25, -0.2) is 0 Å². The van der Waals surface area contributed by atoms with Gasteiger partial charge in [0.05, 0.1) is 0 Å². The van der Waals surface area contributed by atoms with Gasteiger partial charge < -0.3 is 0 Å². The molecule has 1 heterocycles. The summed E-state index contributed by atoms with van der Waals surface area (Å²) in [7, 11) is 0. The van der Waals surface area contributed by atoms with Gasteiger partial charge in [0.15, 0.2) is 0 Å². The molecule has 1 atom stereocenters. The Hall–Kier alpha value is -2.74. The van der Waals surface area contributed by atoms with Crippen molar-refractivity contribution in [1.29, 1.82) is 5.26 Å². The van der Waals surface area contributed by atoms with E-state index < -0.39 is 0 Å². The van der Waals surface area contributed by atoms with E-state index in [1.54, 1.807) is 16.7 Å². The molecule has 1 aliphatic rings. The Morgan fingerprint density at radius 2 is 1.86 bits per heavy atom. The second-order valence-electron chi connectivity index (χ2n) is 7.34. The van der Waals surface area contributed by atoms with Crippen molar-refractivity contribution in [3.8, 4) is 17.2 Å². The van der Waals surface area contributed by atoms with Crippen LogP contribution in [0.2, 0.25) is 5.02 Å². The lowest BCUT2D eigenvalue weighted by molar-refractivity contribution is 0.562. The van der Waals surface area contributed by atoms with E-state index in [1.807, 2.05) is 42.5 Å². The number of rotatable bonds is 2. The molecule has 0 fully saturated rings. The van der Waals surface area contributed by atoms with Crippen molar-refractivity contribution < 1.29 is 0 Å². The third-order valence-corrected chi connectivity index (χ3v) is 6.19. The van der Waals surface area contributed by atoms with E-state index in [2.05, 4.69) is 13.0 Å². The Bertz CT molecular complexity index is 1190. The Labute approximate surface area is 180 Å². The first kappa shape index (κ1) is 19.6. The Morgan fingerprint density at radius 1 is 1.17 bits per heavy atom. The average Bonchev–Trinajstić information content (AvgIpc) is 2.74. The molecule has 1 unspecified atom stereocenters. The molecular formula is C24H19ClN2OS. The number of nitrogens with zero attached hydrogens (tertiary/aromatic N) is 2. The molecule has 5 heteroatoms. The van der Waals surface area contributed by atoms with Crippen LogP contribution in [0.3, 0.4) is 0 Å². The molecule has 1 aliphatic carbocycles. The van der Waals surface area contributed by atoms with Crippen molar-refractivity contribution in [1.82, 2.24) is 4.57 Å². The minimum atomic E-state index is -0.348. The molecule has 0 amide bonds. The number of aromatic nitrogens is 1. The SMILES string of the molecule is CC1CCCc2c(-c3ccccc3)c(C#N)c(=O)n(C(=S)c3ccc(Cl)cc3)c21. The van der Waals surface area contributed by atoms with Gasteiger partial charge in [-0.05, 0) is 48.4 Å². The van der Waals surface area contributed by atoms with Crippen LogP contribution in [-0.4, -0.2) is 9.56 Å². The van der Waals surface area contributed by atoms with Crippen LogP contribution in [0.5, 0.6) is 0 Å². The molecular weight excluding hydrogens is 400 g/mol. The Kier molecular flexibility index (Phi) is 5.36. The molecule has 0 spiro atoms. The number of thiocarbonyl (C=S) groups is 1. The number of fused-ring (bicyclic) bond motifs is 1. The van der Waals surface area contributed by atoms with Gasteiger partial charge in [-0.15, -0.1) is 0 Å². The van der Waals surface area contributed by atoms with E-state index in [9.17, 15) is 10.1 Å². The van der Waals surface area contributed by atoms with Gasteiger partial charge in [-0.2, -0.15) is 5.26 Å². The zero-order chi connectivity index (χ0) is 20.5. The standard InChI is InChI=1S/C24H19ClN2OS/c1-15-6-5-9-19-21(16-7-3-2-4-8-16)20(14-26)23(28)27(22(15)19)24(29)17-10-12-18(25)13-11-17/h2-4,7-8,10-13,15H,5-6,9H2,1H3. The lowest BCUT2D eigenvalue weighted by Gasteiger charge is -2.29. The molecule has 0 saturated heterocycles. The molecule has 0 saturated carbocycles. The zero-order valence-corrected chi connectivity index (χ0v) is 17.6. The van der Waals surface area contributed by atoms with Crippen molar-refractivity contribution in [2.24, 2.45) is 0 Å². The van der Waals surface area contributed by atoms with Crippen LogP contribution in [0.15, 0.2) is 59.4 Å². The van der Waals surface area contributed by atoms with Crippen LogP contribution in [0.1, 0.15) is 48.1 Å². The van der Waals surface area contributed by atoms with Crippen LogP contribution in [0, 0.1) is 11.3 Å². The number of benzene rings is 2. The fraction of sp³-hybridized carbons (Fsp3) is 0.208. The lowest BCUT2D eigenvalue weighted by atomic mass is 9.81. The highest BCUT2D eigenvalue weighted by atomic mass is 35.5. The van der Waals surface area contributed by atoms with Crippen molar-refractivity contribution in [2.45, 2.75) is 32.1 Å². The number of halogens is 1. The van der Waals surface area contributed by atoms with Crippen LogP contribution < -0.4 is 5.56 Å². The van der Waals surface area contributed by atoms with Gasteiger partial charge in [0.2, 0.25) is 0 Å². The van der Waals surface area contributed by atoms with Gasteiger partial charge in [-0.1, -0.05) is 73.2 Å². The molecule has 3 aromatic rings. The summed E-state index contributed by atoms with van der Waals surface area (Å²) in [5.74, 6) is 0.173. The molecule has 3 nitrogen and oxygen atoms in total. The summed E-state index contributed by atoms with van der Waals surface area (Å²) >= 11 is 11.7. The quantitative estimate of drug-likeness (QED) is 0.501. The minimum absolute atomic E-state index is 0.153. The van der Waals surface area contributed by atoms with Gasteiger partial charge >= 0.3 is 0 Å². The van der Waals surface area contributed by atoms with E-state index in [1.165, 1.54) is 0 Å². The average molecular weight is 419 g/mol. The van der Waals surface area contributed by atoms with Crippen molar-refractivity contribution in [3.05, 3.63) is 92.4 Å². The lowest BCUT2D eigenvalue weighted by Crippen LogP contribution is -2.35. The maximum Gasteiger partial charge on any atom is 0.274 e. The summed E-state index contributed by atoms with van der Waals surface area (Å²) in [4.78, 5) is 13.9. The van der Waals surface area contributed by atoms with Crippen LogP contribution in [-0.2, 0) is 6.42 Å². The van der Waals surface area contributed by atoms with Crippen LogP contribution in [0.25, 0.3) is 11.1 Å². The molecule has 1 aromatic heterocycles. The third-order valence-electron chi connectivity index (χ3n) is 5.52. The highest BCUT2D eigenvalue weighted by Crippen LogP contribution is 2.38. The van der Waals surface area contributed by atoms with E-state index in [4.69, 9.17) is 23.8 Å². The maximum atomic E-state index is 13.5. The highest BCUT2D eigenvalue weighted by Gasteiger charge is 2.29. The van der Waals surface area contributed by atoms with Crippen molar-refractivity contribution in [2.75, 3.05) is 0 Å². The Morgan fingerprint density at radius 3 is 2.52 bits per heavy atom. The van der Waals surface area contributed by atoms with Crippen LogP contribution in [0.4, 0.5) is 0 Å². The first-order valence-corrected chi connectivity index (χ1v) is 10.4. The second-order valence-corrected chi connectivity index (χ2v) is 8.16. The fourth-order valence-electron chi connectivity index (χ4n) is 4.18. The molecule has 4 rings (SSSR count). The van der Waals surface area contributed by atoms with E-state index in [0.29, 0.717) is 10.0 Å². The topological polar surface area (TPSA) is 45.8 Å². The molecule has 0 bridgehead atoms. The predicted molar refractivity (Wildman–Crippen MR) is 121 cm³/mol. The molecule has 0 aliphatic heterocycles. The first-order valence-electron chi connectivity index (χ1n) is 9.60. The largest absolute Gasteiger partial charge is 0.274 e. The summed E-state index contributed by atoms with van der Waals surface area (Å²) in [5, 5.41) is 10.5. The summed E-state index contributed by atoms with van der Waals surface area (Å²) in [5.41, 5.74) is 4.19. The number of nitriles is 1. The number of hydrogen-bond donors (Lipinski definition) is 0. The highest BCUT2D eigenvalue weighted by molar-refractivity contribution is 7.80. The molecule has 2 aromatic carbocycles. The normalized spacial score (nSPS) is 15.4. The minimum Gasteiger partial charge on any atom is -0.269 e. The van der Waals surface area contributed by atoms with E-state index in [0.717, 1.165) is 47.2 Å². The first-order chi connectivity index (χ1) is 14.0. The van der Waals surface area contributed by atoms with Gasteiger partial charge in [0, 0.05) is 21.8 Å². The van der Waals surface area contributed by atoms with E-state index >= 15 is 0 Å². The summed E-state index contributed by atoms with van der Waals surface area (Å²) in [6.07, 6.45) is 2.82. The second kappa shape index (κ2) is 7.94. The van der Waals surface area contributed by atoms with Crippen molar-refractivity contribution >= 4 is 28.8 Å². The summed E-state index contributed by atoms with van der Waals surface area (Å²) in [6, 6.07) is 19.0. The summed E-state index contributed by atoms with van der Waals surface area (Å²) in [6.45, 7) is 2.12. The van der Waals surface area contributed by atoms with Gasteiger partial charge in [-0.3, -0.25) is 9.36 Å². The summed E-state index contributed by atoms with van der Waals surface area (Å²) < 4.78 is 1.59. The number of pyridine rings is 1. The zero-order valence-electron chi connectivity index (χ0n) is 16.0. The molecule has 0 radical (unpaired) electrons. The fourth-order valence-corrected chi connectivity index (χ4v) is 4.63. The molecule has 29 heavy (non-hydrogen) atoms. The monoisotopic (exact) mass is 418 g/mol. The van der Waals surface area contributed by atoms with Crippen molar-refractivity contribution in [3.63, 3.8) is 0 Å². The predicted octanol–water partition coefficient (Wildman–Crippen LogP) is 5.70. The van der Waals surface area contributed by atoms with E-state index in [-0.39, 0.29) is 17.0 Å². The molecule has 0 N–H and O–H groups in total. The number of hydrogen-bond acceptors (Lipinski definition) is 3. The molecule has 144 valence electrons. The third kappa shape index (κ3) is 3.42. The Balaban J connectivity index is 2.05. The maximum absolute atomic E-state index is 13.5. The van der Waals surface area contributed by atoms with Gasteiger partial charge in [0.1, 0.15) is 16.6 Å².